The number of rotatable bonds is 6. The van der Waals surface area contributed by atoms with Crippen molar-refractivity contribution in [2.24, 2.45) is 5.41 Å². The molecular weight excluding hydrogens is 302 g/mol. The zero-order valence-electron chi connectivity index (χ0n) is 15.5. The van der Waals surface area contributed by atoms with Crippen molar-refractivity contribution < 1.29 is 9.90 Å². The van der Waals surface area contributed by atoms with Gasteiger partial charge in [-0.1, -0.05) is 19.1 Å². The van der Waals surface area contributed by atoms with Crippen LogP contribution >= 0.6 is 0 Å². The summed E-state index contributed by atoms with van der Waals surface area (Å²) in [6.07, 6.45) is 2.07. The van der Waals surface area contributed by atoms with Crippen LogP contribution in [0.1, 0.15) is 25.3 Å². The lowest BCUT2D eigenvalue weighted by atomic mass is 9.83. The first kappa shape index (κ1) is 18.7. The van der Waals surface area contributed by atoms with Crippen LogP contribution in [-0.2, 0) is 11.3 Å². The fraction of sp³-hybridized carbons (Fsp3) is 0.632. The lowest BCUT2D eigenvalue weighted by molar-refractivity contribution is -0.132. The van der Waals surface area contributed by atoms with E-state index in [-0.39, 0.29) is 17.9 Å². The van der Waals surface area contributed by atoms with E-state index in [1.165, 1.54) is 0 Å². The molecule has 1 aromatic rings. The molecule has 1 atom stereocenters. The molecule has 0 aromatic heterocycles. The molecule has 5 nitrogen and oxygen atoms in total. The van der Waals surface area contributed by atoms with Crippen molar-refractivity contribution in [2.75, 3.05) is 52.3 Å². The van der Waals surface area contributed by atoms with Gasteiger partial charge in [0.1, 0.15) is 0 Å². The number of aliphatic hydroxyl groups is 1. The van der Waals surface area contributed by atoms with Crippen molar-refractivity contribution in [1.29, 1.82) is 0 Å². The smallest absolute Gasteiger partial charge is 0.236 e. The summed E-state index contributed by atoms with van der Waals surface area (Å²) >= 11 is 0. The van der Waals surface area contributed by atoms with Crippen LogP contribution in [0.3, 0.4) is 0 Å². The van der Waals surface area contributed by atoms with E-state index in [0.29, 0.717) is 13.1 Å². The number of benzene rings is 1. The van der Waals surface area contributed by atoms with Gasteiger partial charge in [-0.2, -0.15) is 0 Å². The van der Waals surface area contributed by atoms with Crippen molar-refractivity contribution in [1.82, 2.24) is 9.80 Å². The van der Waals surface area contributed by atoms with Gasteiger partial charge in [-0.05, 0) is 37.1 Å². The Balaban J connectivity index is 1.87. The third-order valence-electron chi connectivity index (χ3n) is 4.90. The summed E-state index contributed by atoms with van der Waals surface area (Å²) in [4.78, 5) is 18.5. The SMILES string of the molecule is CN(Cc1ccc(N(C)C)cc1)C(=O)CN1CCCC(C)(CO)C1. The predicted molar refractivity (Wildman–Crippen MR) is 98.1 cm³/mol. The van der Waals surface area contributed by atoms with E-state index < -0.39 is 0 Å². The van der Waals surface area contributed by atoms with Gasteiger partial charge in [0.2, 0.25) is 5.91 Å². The average Bonchev–Trinajstić information content (AvgIpc) is 2.55. The van der Waals surface area contributed by atoms with Crippen LogP contribution in [0.2, 0.25) is 0 Å². The highest BCUT2D eigenvalue weighted by Gasteiger charge is 2.31. The Morgan fingerprint density at radius 1 is 1.25 bits per heavy atom. The van der Waals surface area contributed by atoms with Crippen LogP contribution in [-0.4, -0.2) is 68.2 Å². The molecule has 0 aliphatic carbocycles. The largest absolute Gasteiger partial charge is 0.396 e. The van der Waals surface area contributed by atoms with E-state index in [4.69, 9.17) is 0 Å². The summed E-state index contributed by atoms with van der Waals surface area (Å²) in [5.41, 5.74) is 2.22. The molecular formula is C19H31N3O2. The van der Waals surface area contributed by atoms with E-state index >= 15 is 0 Å². The maximum atomic E-state index is 12.5. The molecule has 24 heavy (non-hydrogen) atoms. The highest BCUT2D eigenvalue weighted by molar-refractivity contribution is 5.78. The Labute approximate surface area is 145 Å². The first-order valence-corrected chi connectivity index (χ1v) is 8.66. The number of anilines is 1. The van der Waals surface area contributed by atoms with Gasteiger partial charge in [0.15, 0.2) is 0 Å². The second-order valence-corrected chi connectivity index (χ2v) is 7.59. The first-order valence-electron chi connectivity index (χ1n) is 8.66. The average molecular weight is 333 g/mol. The van der Waals surface area contributed by atoms with Crippen molar-refractivity contribution in [3.63, 3.8) is 0 Å². The van der Waals surface area contributed by atoms with Gasteiger partial charge >= 0.3 is 0 Å². The van der Waals surface area contributed by atoms with E-state index in [1.54, 1.807) is 4.90 Å². The van der Waals surface area contributed by atoms with Crippen LogP contribution in [0.5, 0.6) is 0 Å². The minimum atomic E-state index is -0.0703. The zero-order valence-corrected chi connectivity index (χ0v) is 15.5. The van der Waals surface area contributed by atoms with E-state index in [2.05, 4.69) is 41.0 Å². The third kappa shape index (κ3) is 4.95. The highest BCUT2D eigenvalue weighted by Crippen LogP contribution is 2.28. The van der Waals surface area contributed by atoms with Crippen LogP contribution < -0.4 is 4.90 Å². The number of hydrogen-bond donors (Lipinski definition) is 1. The second-order valence-electron chi connectivity index (χ2n) is 7.59. The maximum absolute atomic E-state index is 12.5. The molecule has 0 saturated carbocycles. The van der Waals surface area contributed by atoms with Crippen LogP contribution in [0.15, 0.2) is 24.3 Å². The number of carbonyl (C=O) groups is 1. The van der Waals surface area contributed by atoms with Crippen LogP contribution in [0.25, 0.3) is 0 Å². The normalized spacial score (nSPS) is 21.5. The quantitative estimate of drug-likeness (QED) is 0.862. The van der Waals surface area contributed by atoms with E-state index in [9.17, 15) is 9.90 Å². The molecule has 2 rings (SSSR count). The molecule has 0 radical (unpaired) electrons. The van der Waals surface area contributed by atoms with Gasteiger partial charge < -0.3 is 14.9 Å². The van der Waals surface area contributed by atoms with E-state index in [0.717, 1.165) is 37.2 Å². The van der Waals surface area contributed by atoms with Crippen molar-refractivity contribution in [2.45, 2.75) is 26.3 Å². The van der Waals surface area contributed by atoms with Gasteiger partial charge in [0.25, 0.3) is 0 Å². The van der Waals surface area contributed by atoms with Gasteiger partial charge in [0.05, 0.1) is 6.54 Å². The Morgan fingerprint density at radius 3 is 2.50 bits per heavy atom. The molecule has 0 spiro atoms. The van der Waals surface area contributed by atoms with Crippen LogP contribution in [0, 0.1) is 5.41 Å². The molecule has 1 aliphatic heterocycles. The molecule has 1 aliphatic rings. The lowest BCUT2D eigenvalue weighted by Gasteiger charge is -2.39. The summed E-state index contributed by atoms with van der Waals surface area (Å²) in [5.74, 6) is 0.133. The number of aliphatic hydroxyl groups excluding tert-OH is 1. The summed E-state index contributed by atoms with van der Waals surface area (Å²) in [6.45, 7) is 5.07. The minimum absolute atomic E-state index is 0.0703. The molecule has 1 unspecified atom stereocenters. The summed E-state index contributed by atoms with van der Waals surface area (Å²) < 4.78 is 0. The van der Waals surface area contributed by atoms with Crippen molar-refractivity contribution in [3.05, 3.63) is 29.8 Å². The highest BCUT2D eigenvalue weighted by atomic mass is 16.3. The maximum Gasteiger partial charge on any atom is 0.236 e. The minimum Gasteiger partial charge on any atom is -0.396 e. The lowest BCUT2D eigenvalue weighted by Crippen LogP contribution is -2.47. The monoisotopic (exact) mass is 333 g/mol. The fourth-order valence-electron chi connectivity index (χ4n) is 3.26. The third-order valence-corrected chi connectivity index (χ3v) is 4.90. The number of likely N-dealkylation sites (tertiary alicyclic amines) is 1. The fourth-order valence-corrected chi connectivity index (χ4v) is 3.26. The van der Waals surface area contributed by atoms with Gasteiger partial charge in [0, 0.05) is 51.9 Å². The molecule has 1 heterocycles. The Bertz CT molecular complexity index is 544. The standard InChI is InChI=1S/C19H31N3O2/c1-19(15-23)10-5-11-22(14-19)13-18(24)21(4)12-16-6-8-17(9-7-16)20(2)3/h6-9,23H,5,10-15H2,1-4H3. The molecule has 5 heteroatoms. The van der Waals surface area contributed by atoms with Crippen molar-refractivity contribution in [3.8, 4) is 0 Å². The first-order chi connectivity index (χ1) is 11.3. The molecule has 1 aromatic carbocycles. The van der Waals surface area contributed by atoms with E-state index in [1.807, 2.05) is 21.1 Å². The van der Waals surface area contributed by atoms with Gasteiger partial charge in [-0.15, -0.1) is 0 Å². The summed E-state index contributed by atoms with van der Waals surface area (Å²) in [6, 6.07) is 8.29. The van der Waals surface area contributed by atoms with Crippen LogP contribution in [0.4, 0.5) is 5.69 Å². The topological polar surface area (TPSA) is 47.0 Å². The number of likely N-dealkylation sites (N-methyl/N-ethyl adjacent to an activating group) is 1. The molecule has 1 N–H and O–H groups in total. The molecule has 134 valence electrons. The number of nitrogens with zero attached hydrogens (tertiary/aromatic N) is 3. The molecule has 1 saturated heterocycles. The van der Waals surface area contributed by atoms with Gasteiger partial charge in [-0.3, -0.25) is 9.69 Å². The number of carbonyl (C=O) groups excluding carboxylic acids is 1. The van der Waals surface area contributed by atoms with Crippen molar-refractivity contribution >= 4 is 11.6 Å². The molecule has 0 bridgehead atoms. The Morgan fingerprint density at radius 2 is 1.92 bits per heavy atom. The molecule has 1 amide bonds. The Hall–Kier alpha value is -1.59. The number of piperidine rings is 1. The summed E-state index contributed by atoms with van der Waals surface area (Å²) in [7, 11) is 5.89. The number of amides is 1. The predicted octanol–water partition coefficient (Wildman–Crippen LogP) is 1.81. The Kier molecular flexibility index (Phi) is 6.24. The number of hydrogen-bond acceptors (Lipinski definition) is 4. The second kappa shape index (κ2) is 7.99. The zero-order chi connectivity index (χ0) is 17.7. The molecule has 1 fully saturated rings. The summed E-state index contributed by atoms with van der Waals surface area (Å²) in [5, 5.41) is 9.54. The van der Waals surface area contributed by atoms with Gasteiger partial charge in [-0.25, -0.2) is 0 Å².